The second kappa shape index (κ2) is 7.90. The van der Waals surface area contributed by atoms with Crippen LogP contribution < -0.4 is 5.32 Å². The predicted octanol–water partition coefficient (Wildman–Crippen LogP) is 3.92. The van der Waals surface area contributed by atoms with Gasteiger partial charge in [0.05, 0.1) is 18.4 Å². The van der Waals surface area contributed by atoms with Crippen LogP contribution in [0.1, 0.15) is 58.2 Å². The summed E-state index contributed by atoms with van der Waals surface area (Å²) in [7, 11) is 0. The van der Waals surface area contributed by atoms with Gasteiger partial charge in [-0.1, -0.05) is 33.8 Å². The van der Waals surface area contributed by atoms with Crippen LogP contribution in [0.15, 0.2) is 18.3 Å². The molecule has 1 aromatic rings. The lowest BCUT2D eigenvalue weighted by Crippen LogP contribution is -2.26. The Hall–Kier alpha value is -0.930. The molecule has 2 rings (SSSR count). The van der Waals surface area contributed by atoms with Crippen LogP contribution in [-0.4, -0.2) is 17.1 Å². The maximum Gasteiger partial charge on any atom is 0.0891 e. The zero-order valence-electron chi connectivity index (χ0n) is 13.9. The molecule has 0 saturated heterocycles. The lowest BCUT2D eigenvalue weighted by molar-refractivity contribution is -0.00876. The van der Waals surface area contributed by atoms with E-state index in [0.29, 0.717) is 18.8 Å². The molecule has 0 spiro atoms. The van der Waals surface area contributed by atoms with Crippen molar-refractivity contribution in [2.75, 3.05) is 0 Å². The maximum atomic E-state index is 6.05. The van der Waals surface area contributed by atoms with Crippen molar-refractivity contribution in [3.63, 3.8) is 0 Å². The summed E-state index contributed by atoms with van der Waals surface area (Å²) in [5.41, 5.74) is 2.27. The van der Waals surface area contributed by atoms with E-state index in [1.807, 2.05) is 6.20 Å². The number of aromatic nitrogens is 1. The van der Waals surface area contributed by atoms with Gasteiger partial charge in [0.1, 0.15) is 0 Å². The molecule has 1 aromatic heterocycles. The van der Waals surface area contributed by atoms with Crippen LogP contribution in [0, 0.1) is 11.8 Å². The van der Waals surface area contributed by atoms with E-state index in [1.165, 1.54) is 24.8 Å². The second-order valence-electron chi connectivity index (χ2n) is 6.89. The third kappa shape index (κ3) is 5.40. The molecule has 3 atom stereocenters. The normalized spacial score (nSPS) is 26.2. The van der Waals surface area contributed by atoms with Crippen LogP contribution in [0.5, 0.6) is 0 Å². The zero-order valence-corrected chi connectivity index (χ0v) is 13.9. The monoisotopic (exact) mass is 290 g/mol. The van der Waals surface area contributed by atoms with Crippen LogP contribution in [-0.2, 0) is 17.9 Å². The average molecular weight is 290 g/mol. The minimum Gasteiger partial charge on any atom is -0.372 e. The molecule has 0 aromatic carbocycles. The second-order valence-corrected chi connectivity index (χ2v) is 6.89. The molecule has 1 N–H and O–H groups in total. The van der Waals surface area contributed by atoms with Crippen molar-refractivity contribution in [1.29, 1.82) is 0 Å². The molecule has 0 bridgehead atoms. The summed E-state index contributed by atoms with van der Waals surface area (Å²) < 4.78 is 6.05. The molecule has 0 amide bonds. The smallest absolute Gasteiger partial charge is 0.0891 e. The molecule has 3 nitrogen and oxygen atoms in total. The van der Waals surface area contributed by atoms with Gasteiger partial charge in [0, 0.05) is 18.8 Å². The molecule has 3 heteroatoms. The van der Waals surface area contributed by atoms with Crippen molar-refractivity contribution in [1.82, 2.24) is 10.3 Å². The highest BCUT2D eigenvalue weighted by molar-refractivity contribution is 5.13. The summed E-state index contributed by atoms with van der Waals surface area (Å²) in [5, 5.41) is 3.40. The molecule has 1 aliphatic rings. The van der Waals surface area contributed by atoms with Gasteiger partial charge in [-0.25, -0.2) is 0 Å². The van der Waals surface area contributed by atoms with Crippen molar-refractivity contribution in [2.45, 2.75) is 72.3 Å². The minimum atomic E-state index is 0.417. The Kier molecular flexibility index (Phi) is 6.19. The molecule has 1 fully saturated rings. The van der Waals surface area contributed by atoms with E-state index in [0.717, 1.165) is 24.1 Å². The molecule has 1 aliphatic carbocycles. The highest BCUT2D eigenvalue weighted by atomic mass is 16.5. The summed E-state index contributed by atoms with van der Waals surface area (Å²) in [6.07, 6.45) is 6.05. The topological polar surface area (TPSA) is 34.1 Å². The average Bonchev–Trinajstić information content (AvgIpc) is 2.47. The summed E-state index contributed by atoms with van der Waals surface area (Å²) in [6, 6.07) is 4.74. The Morgan fingerprint density at radius 3 is 2.67 bits per heavy atom. The van der Waals surface area contributed by atoms with Crippen molar-refractivity contribution in [3.8, 4) is 0 Å². The Labute approximate surface area is 129 Å². The molecule has 118 valence electrons. The molecular formula is C18H30N2O. The van der Waals surface area contributed by atoms with Gasteiger partial charge in [-0.2, -0.15) is 0 Å². The van der Waals surface area contributed by atoms with Gasteiger partial charge in [0.15, 0.2) is 0 Å². The van der Waals surface area contributed by atoms with Crippen molar-refractivity contribution >= 4 is 0 Å². The summed E-state index contributed by atoms with van der Waals surface area (Å²) in [6.45, 7) is 10.5. The first-order chi connectivity index (χ1) is 10.0. The Bertz CT molecular complexity index is 416. The number of hydrogen-bond acceptors (Lipinski definition) is 3. The zero-order chi connectivity index (χ0) is 15.2. The summed E-state index contributed by atoms with van der Waals surface area (Å²) >= 11 is 0. The largest absolute Gasteiger partial charge is 0.372 e. The third-order valence-corrected chi connectivity index (χ3v) is 4.62. The first kappa shape index (κ1) is 16.4. The highest BCUT2D eigenvalue weighted by Crippen LogP contribution is 2.31. The molecular weight excluding hydrogens is 260 g/mol. The number of pyridine rings is 1. The molecule has 0 aliphatic heterocycles. The van der Waals surface area contributed by atoms with Crippen LogP contribution in [0.25, 0.3) is 0 Å². The van der Waals surface area contributed by atoms with Gasteiger partial charge in [-0.05, 0) is 42.7 Å². The third-order valence-electron chi connectivity index (χ3n) is 4.62. The van der Waals surface area contributed by atoms with Gasteiger partial charge in [-0.3, -0.25) is 4.98 Å². The Morgan fingerprint density at radius 2 is 2.05 bits per heavy atom. The number of nitrogens with zero attached hydrogens (tertiary/aromatic N) is 1. The fraction of sp³-hybridized carbons (Fsp3) is 0.722. The lowest BCUT2D eigenvalue weighted by atomic mass is 9.80. The SMILES string of the molecule is CC(C)NCc1ccc(COC2CCC(C)C(C)C2)nc1. The van der Waals surface area contributed by atoms with E-state index in [-0.39, 0.29) is 0 Å². The van der Waals surface area contributed by atoms with E-state index < -0.39 is 0 Å². The van der Waals surface area contributed by atoms with E-state index in [4.69, 9.17) is 4.74 Å². The summed E-state index contributed by atoms with van der Waals surface area (Å²) in [5.74, 6) is 1.62. The Balaban J connectivity index is 1.76. The molecule has 3 unspecified atom stereocenters. The number of rotatable bonds is 6. The van der Waals surface area contributed by atoms with Crippen LogP contribution in [0.4, 0.5) is 0 Å². The van der Waals surface area contributed by atoms with Crippen LogP contribution in [0.3, 0.4) is 0 Å². The van der Waals surface area contributed by atoms with Crippen LogP contribution >= 0.6 is 0 Å². The van der Waals surface area contributed by atoms with E-state index in [1.54, 1.807) is 0 Å². The first-order valence-electron chi connectivity index (χ1n) is 8.33. The first-order valence-corrected chi connectivity index (χ1v) is 8.33. The number of nitrogens with one attached hydrogen (secondary N) is 1. The van der Waals surface area contributed by atoms with Gasteiger partial charge >= 0.3 is 0 Å². The van der Waals surface area contributed by atoms with Crippen molar-refractivity contribution < 1.29 is 4.74 Å². The van der Waals surface area contributed by atoms with Crippen molar-refractivity contribution in [3.05, 3.63) is 29.6 Å². The van der Waals surface area contributed by atoms with Gasteiger partial charge < -0.3 is 10.1 Å². The van der Waals surface area contributed by atoms with E-state index >= 15 is 0 Å². The molecule has 1 saturated carbocycles. The van der Waals surface area contributed by atoms with Gasteiger partial charge in [0.2, 0.25) is 0 Å². The van der Waals surface area contributed by atoms with Crippen molar-refractivity contribution in [2.24, 2.45) is 11.8 Å². The fourth-order valence-corrected chi connectivity index (χ4v) is 2.82. The number of ether oxygens (including phenoxy) is 1. The van der Waals surface area contributed by atoms with E-state index in [2.05, 4.69) is 50.1 Å². The molecule has 0 radical (unpaired) electrons. The van der Waals surface area contributed by atoms with Crippen LogP contribution in [0.2, 0.25) is 0 Å². The van der Waals surface area contributed by atoms with E-state index in [9.17, 15) is 0 Å². The highest BCUT2D eigenvalue weighted by Gasteiger charge is 2.24. The van der Waals surface area contributed by atoms with Gasteiger partial charge in [-0.15, -0.1) is 0 Å². The fourth-order valence-electron chi connectivity index (χ4n) is 2.82. The molecule has 21 heavy (non-hydrogen) atoms. The summed E-state index contributed by atoms with van der Waals surface area (Å²) in [4.78, 5) is 4.51. The standard InChI is InChI=1S/C18H30N2O/c1-13(2)19-10-16-6-7-17(20-11-16)12-21-18-8-5-14(3)15(4)9-18/h6-7,11,13-15,18-19H,5,8-10,12H2,1-4H3. The number of hydrogen-bond donors (Lipinski definition) is 1. The van der Waals surface area contributed by atoms with Gasteiger partial charge in [0.25, 0.3) is 0 Å². The predicted molar refractivity (Wildman–Crippen MR) is 87.0 cm³/mol. The minimum absolute atomic E-state index is 0.417. The molecule has 1 heterocycles. The Morgan fingerprint density at radius 1 is 1.24 bits per heavy atom. The quantitative estimate of drug-likeness (QED) is 0.862. The maximum absolute atomic E-state index is 6.05. The lowest BCUT2D eigenvalue weighted by Gasteiger charge is -2.31.